The third-order valence-corrected chi connectivity index (χ3v) is 4.75. The number of carbonyl (C=O) groups is 2. The Kier molecular flexibility index (Phi) is 2.71. The lowest BCUT2D eigenvalue weighted by molar-refractivity contribution is -0.142. The van der Waals surface area contributed by atoms with Crippen LogP contribution in [0, 0.1) is 0 Å². The molecule has 0 spiro atoms. The van der Waals surface area contributed by atoms with Crippen LogP contribution in [0.2, 0.25) is 0 Å². The lowest BCUT2D eigenvalue weighted by atomic mass is 10.1. The first-order chi connectivity index (χ1) is 10.2. The van der Waals surface area contributed by atoms with Crippen LogP contribution in [0.1, 0.15) is 30.1 Å². The van der Waals surface area contributed by atoms with Gasteiger partial charge in [0.2, 0.25) is 0 Å². The fraction of sp³-hybridized carbons (Fsp3) is 0.500. The molecule has 3 aliphatic rings. The molecule has 110 valence electrons. The van der Waals surface area contributed by atoms with Gasteiger partial charge in [0, 0.05) is 6.54 Å². The third kappa shape index (κ3) is 1.69. The van der Waals surface area contributed by atoms with Crippen molar-refractivity contribution < 1.29 is 14.3 Å². The fourth-order valence-electron chi connectivity index (χ4n) is 3.87. The summed E-state index contributed by atoms with van der Waals surface area (Å²) < 4.78 is 5.20. The highest BCUT2D eigenvalue weighted by atomic mass is 16.5. The molecule has 1 aromatic rings. The number of hydrogen-bond donors (Lipinski definition) is 0. The molecule has 1 amide bonds. The number of esters is 1. The molecule has 3 aliphatic heterocycles. The Morgan fingerprint density at radius 1 is 1.38 bits per heavy atom. The number of ether oxygens (including phenoxy) is 1. The number of para-hydroxylation sites is 1. The highest BCUT2D eigenvalue weighted by Gasteiger charge is 2.62. The summed E-state index contributed by atoms with van der Waals surface area (Å²) in [7, 11) is 0. The Labute approximate surface area is 123 Å². The lowest BCUT2D eigenvalue weighted by Crippen LogP contribution is -2.39. The van der Waals surface area contributed by atoms with E-state index in [0.717, 1.165) is 25.1 Å². The van der Waals surface area contributed by atoms with E-state index in [1.54, 1.807) is 0 Å². The van der Waals surface area contributed by atoms with Crippen LogP contribution in [-0.2, 0) is 9.53 Å². The van der Waals surface area contributed by atoms with Crippen LogP contribution in [-0.4, -0.2) is 48.1 Å². The number of fused-ring (bicyclic) bond motifs is 5. The number of amides is 1. The van der Waals surface area contributed by atoms with Crippen LogP contribution in [0.3, 0.4) is 0 Å². The van der Waals surface area contributed by atoms with Gasteiger partial charge in [0.15, 0.2) is 6.04 Å². The zero-order chi connectivity index (χ0) is 14.6. The Morgan fingerprint density at radius 2 is 2.19 bits per heavy atom. The van der Waals surface area contributed by atoms with Crippen molar-refractivity contribution >= 4 is 17.6 Å². The molecule has 0 aliphatic carbocycles. The maximum Gasteiger partial charge on any atom is 0.331 e. The van der Waals surface area contributed by atoms with Crippen molar-refractivity contribution in [1.29, 1.82) is 0 Å². The van der Waals surface area contributed by atoms with Crippen molar-refractivity contribution in [3.05, 3.63) is 29.8 Å². The summed E-state index contributed by atoms with van der Waals surface area (Å²) in [5.74, 6) is -0.0681. The molecule has 0 N–H and O–H groups in total. The van der Waals surface area contributed by atoms with E-state index < -0.39 is 0 Å². The van der Waals surface area contributed by atoms with Crippen molar-refractivity contribution in [3.8, 4) is 0 Å². The van der Waals surface area contributed by atoms with Gasteiger partial charge in [-0.3, -0.25) is 4.79 Å². The molecule has 0 aromatic heterocycles. The second-order valence-electron chi connectivity index (χ2n) is 5.82. The van der Waals surface area contributed by atoms with Gasteiger partial charge in [-0.25, -0.2) is 4.79 Å². The Morgan fingerprint density at radius 3 is 3.00 bits per heavy atom. The van der Waals surface area contributed by atoms with E-state index in [2.05, 4.69) is 4.90 Å². The van der Waals surface area contributed by atoms with Crippen LogP contribution in [0.25, 0.3) is 0 Å². The SMILES string of the molecule is CCOC(=O)C1[C@H]2[C@@H]3CCCN3C(=O)c3ccccc3N12. The summed E-state index contributed by atoms with van der Waals surface area (Å²) in [6, 6.07) is 7.58. The van der Waals surface area contributed by atoms with Crippen molar-refractivity contribution in [1.82, 2.24) is 4.90 Å². The predicted molar refractivity (Wildman–Crippen MR) is 77.2 cm³/mol. The number of carbonyl (C=O) groups excluding carboxylic acids is 2. The molecule has 1 unspecified atom stereocenters. The van der Waals surface area contributed by atoms with E-state index in [-0.39, 0.29) is 30.0 Å². The first-order valence-electron chi connectivity index (χ1n) is 7.59. The fourth-order valence-corrected chi connectivity index (χ4v) is 3.87. The molecule has 3 atom stereocenters. The van der Waals surface area contributed by atoms with Gasteiger partial charge in [0.1, 0.15) is 0 Å². The quantitative estimate of drug-likeness (QED) is 0.609. The number of benzene rings is 1. The maximum absolute atomic E-state index is 12.7. The average molecular weight is 286 g/mol. The summed E-state index contributed by atoms with van der Waals surface area (Å²) in [6.45, 7) is 3.01. The topological polar surface area (TPSA) is 49.6 Å². The predicted octanol–water partition coefficient (Wildman–Crippen LogP) is 1.43. The molecular weight excluding hydrogens is 268 g/mol. The second kappa shape index (κ2) is 4.48. The van der Waals surface area contributed by atoms with Crippen LogP contribution >= 0.6 is 0 Å². The minimum Gasteiger partial charge on any atom is -0.464 e. The van der Waals surface area contributed by atoms with E-state index in [9.17, 15) is 9.59 Å². The lowest BCUT2D eigenvalue weighted by Gasteiger charge is -2.22. The second-order valence-corrected chi connectivity index (χ2v) is 5.82. The highest BCUT2D eigenvalue weighted by Crippen LogP contribution is 2.47. The summed E-state index contributed by atoms with van der Waals surface area (Å²) >= 11 is 0. The summed E-state index contributed by atoms with van der Waals surface area (Å²) in [6.07, 6.45) is 1.98. The normalized spacial score (nSPS) is 29.4. The van der Waals surface area contributed by atoms with Gasteiger partial charge < -0.3 is 14.5 Å². The first-order valence-corrected chi connectivity index (χ1v) is 7.59. The number of hydrogen-bond acceptors (Lipinski definition) is 4. The van der Waals surface area contributed by atoms with Crippen LogP contribution in [0.5, 0.6) is 0 Å². The smallest absolute Gasteiger partial charge is 0.331 e. The maximum atomic E-state index is 12.7. The van der Waals surface area contributed by atoms with Gasteiger partial charge in [-0.1, -0.05) is 12.1 Å². The Bertz CT molecular complexity index is 615. The largest absolute Gasteiger partial charge is 0.464 e. The Hall–Kier alpha value is -2.04. The molecule has 3 heterocycles. The average Bonchev–Trinajstić information content (AvgIpc) is 3.07. The molecule has 0 radical (unpaired) electrons. The van der Waals surface area contributed by atoms with E-state index in [4.69, 9.17) is 4.74 Å². The molecule has 21 heavy (non-hydrogen) atoms. The zero-order valence-corrected chi connectivity index (χ0v) is 12.0. The minimum atomic E-state index is -0.232. The van der Waals surface area contributed by atoms with Gasteiger partial charge in [-0.15, -0.1) is 0 Å². The molecule has 4 rings (SSSR count). The van der Waals surface area contributed by atoms with Gasteiger partial charge in [-0.05, 0) is 31.9 Å². The molecule has 2 saturated heterocycles. The standard InChI is InChI=1S/C16H18N2O3/c1-2-21-16(20)14-13-12-8-5-9-17(12)15(19)10-6-3-4-7-11(10)18(13)14/h3-4,6-7,12-14H,2,5,8-9H2,1H3/t12-,13+,14?,18?/m0/s1. The Balaban J connectivity index is 1.77. The summed E-state index contributed by atoms with van der Waals surface area (Å²) in [5.41, 5.74) is 1.58. The molecule has 5 heteroatoms. The molecular formula is C16H18N2O3. The summed E-state index contributed by atoms with van der Waals surface area (Å²) in [5, 5.41) is 0. The van der Waals surface area contributed by atoms with Crippen molar-refractivity contribution in [3.63, 3.8) is 0 Å². The highest BCUT2D eigenvalue weighted by molar-refractivity contribution is 6.04. The molecule has 0 saturated carbocycles. The minimum absolute atomic E-state index is 0.0825. The molecule has 0 bridgehead atoms. The number of nitrogens with zero attached hydrogens (tertiary/aromatic N) is 2. The van der Waals surface area contributed by atoms with E-state index >= 15 is 0 Å². The van der Waals surface area contributed by atoms with Crippen molar-refractivity contribution in [2.24, 2.45) is 0 Å². The molecule has 2 fully saturated rings. The zero-order valence-electron chi connectivity index (χ0n) is 12.0. The molecule has 1 aromatic carbocycles. The molecule has 5 nitrogen and oxygen atoms in total. The number of rotatable bonds is 2. The van der Waals surface area contributed by atoms with Gasteiger partial charge in [-0.2, -0.15) is 0 Å². The summed E-state index contributed by atoms with van der Waals surface area (Å²) in [4.78, 5) is 28.9. The van der Waals surface area contributed by atoms with E-state index in [0.29, 0.717) is 12.2 Å². The number of anilines is 1. The first kappa shape index (κ1) is 12.7. The van der Waals surface area contributed by atoms with Gasteiger partial charge in [0.25, 0.3) is 5.91 Å². The van der Waals surface area contributed by atoms with Crippen LogP contribution in [0.4, 0.5) is 5.69 Å². The van der Waals surface area contributed by atoms with Crippen molar-refractivity contribution in [2.75, 3.05) is 18.1 Å². The van der Waals surface area contributed by atoms with Crippen molar-refractivity contribution in [2.45, 2.75) is 37.9 Å². The monoisotopic (exact) mass is 286 g/mol. The van der Waals surface area contributed by atoms with Gasteiger partial charge in [0.05, 0.1) is 29.9 Å². The van der Waals surface area contributed by atoms with Crippen LogP contribution in [0.15, 0.2) is 24.3 Å². The van der Waals surface area contributed by atoms with E-state index in [1.807, 2.05) is 36.1 Å². The van der Waals surface area contributed by atoms with Gasteiger partial charge >= 0.3 is 5.97 Å². The third-order valence-electron chi connectivity index (χ3n) is 4.75. The van der Waals surface area contributed by atoms with Crippen LogP contribution < -0.4 is 4.90 Å². The van der Waals surface area contributed by atoms with E-state index in [1.165, 1.54) is 0 Å².